The first kappa shape index (κ1) is 15.7. The van der Waals surface area contributed by atoms with Gasteiger partial charge in [0.25, 0.3) is 0 Å². The smallest absolute Gasteiger partial charge is 0.234 e. The molecule has 1 heterocycles. The number of amides is 1. The molecule has 116 valence electrons. The molecule has 1 aliphatic heterocycles. The van der Waals surface area contributed by atoms with Crippen LogP contribution in [0.1, 0.15) is 32.6 Å². The second-order valence-electron chi connectivity index (χ2n) is 6.65. The number of carbonyl (C=O) groups excluding carboxylic acids is 1. The highest BCUT2D eigenvalue weighted by Crippen LogP contribution is 2.23. The number of rotatable bonds is 4. The third kappa shape index (κ3) is 4.43. The topological polar surface area (TPSA) is 61.6 Å². The number of likely N-dealkylation sites (N-methyl/N-ethyl adjacent to an activating group) is 1. The molecule has 0 radical (unpaired) electrons. The molecule has 1 atom stereocenters. The second-order valence-corrected chi connectivity index (χ2v) is 6.65. The largest absolute Gasteiger partial charge is 0.352 e. The molecule has 0 aromatic carbocycles. The Morgan fingerprint density at radius 1 is 1.25 bits per heavy atom. The van der Waals surface area contributed by atoms with Crippen LogP contribution in [-0.4, -0.2) is 67.6 Å². The van der Waals surface area contributed by atoms with Crippen molar-refractivity contribution in [2.24, 2.45) is 11.7 Å². The van der Waals surface area contributed by atoms with Crippen LogP contribution in [-0.2, 0) is 4.79 Å². The summed E-state index contributed by atoms with van der Waals surface area (Å²) in [6.07, 6.45) is 4.75. The van der Waals surface area contributed by atoms with Crippen LogP contribution in [0.3, 0.4) is 0 Å². The zero-order valence-electron chi connectivity index (χ0n) is 13.0. The van der Waals surface area contributed by atoms with Gasteiger partial charge in [-0.3, -0.25) is 9.69 Å². The van der Waals surface area contributed by atoms with Gasteiger partial charge < -0.3 is 16.0 Å². The summed E-state index contributed by atoms with van der Waals surface area (Å²) >= 11 is 0. The number of hydrogen-bond acceptors (Lipinski definition) is 4. The molecular weight excluding hydrogens is 252 g/mol. The van der Waals surface area contributed by atoms with E-state index in [0.29, 0.717) is 25.2 Å². The van der Waals surface area contributed by atoms with Gasteiger partial charge in [0.1, 0.15) is 0 Å². The Kier molecular flexibility index (Phi) is 5.81. The van der Waals surface area contributed by atoms with E-state index >= 15 is 0 Å². The van der Waals surface area contributed by atoms with E-state index in [9.17, 15) is 4.79 Å². The zero-order valence-corrected chi connectivity index (χ0v) is 13.0. The molecule has 2 aliphatic rings. The van der Waals surface area contributed by atoms with Crippen LogP contribution < -0.4 is 11.1 Å². The molecule has 1 unspecified atom stereocenters. The van der Waals surface area contributed by atoms with Gasteiger partial charge in [0, 0.05) is 38.3 Å². The van der Waals surface area contributed by atoms with Gasteiger partial charge in [-0.15, -0.1) is 0 Å². The van der Waals surface area contributed by atoms with Gasteiger partial charge in [0.2, 0.25) is 5.91 Å². The maximum Gasteiger partial charge on any atom is 0.234 e. The maximum absolute atomic E-state index is 12.2. The van der Waals surface area contributed by atoms with E-state index in [0.717, 1.165) is 38.4 Å². The first-order valence-electron chi connectivity index (χ1n) is 8.00. The molecule has 0 aromatic heterocycles. The van der Waals surface area contributed by atoms with E-state index in [-0.39, 0.29) is 5.91 Å². The third-order valence-corrected chi connectivity index (χ3v) is 4.81. The van der Waals surface area contributed by atoms with Crippen molar-refractivity contribution in [3.8, 4) is 0 Å². The summed E-state index contributed by atoms with van der Waals surface area (Å²) in [7, 11) is 2.11. The lowest BCUT2D eigenvalue weighted by molar-refractivity contribution is -0.124. The van der Waals surface area contributed by atoms with Gasteiger partial charge in [0.15, 0.2) is 0 Å². The van der Waals surface area contributed by atoms with Gasteiger partial charge >= 0.3 is 0 Å². The lowest BCUT2D eigenvalue weighted by Crippen LogP contribution is -2.57. The highest BCUT2D eigenvalue weighted by atomic mass is 16.2. The molecule has 0 bridgehead atoms. The molecule has 3 N–H and O–H groups in total. The van der Waals surface area contributed by atoms with Crippen molar-refractivity contribution in [2.45, 2.75) is 44.7 Å². The van der Waals surface area contributed by atoms with Crippen LogP contribution in [0.4, 0.5) is 0 Å². The lowest BCUT2D eigenvalue weighted by Gasteiger charge is -2.39. The molecule has 5 nitrogen and oxygen atoms in total. The summed E-state index contributed by atoms with van der Waals surface area (Å²) in [5.74, 6) is 0.995. The van der Waals surface area contributed by atoms with E-state index in [1.165, 1.54) is 12.8 Å². The minimum Gasteiger partial charge on any atom is -0.352 e. The van der Waals surface area contributed by atoms with E-state index in [1.54, 1.807) is 0 Å². The van der Waals surface area contributed by atoms with Crippen molar-refractivity contribution >= 4 is 5.91 Å². The van der Waals surface area contributed by atoms with Crippen molar-refractivity contribution in [3.63, 3.8) is 0 Å². The third-order valence-electron chi connectivity index (χ3n) is 4.81. The predicted molar refractivity (Wildman–Crippen MR) is 81.5 cm³/mol. The monoisotopic (exact) mass is 282 g/mol. The Morgan fingerprint density at radius 2 is 1.95 bits per heavy atom. The van der Waals surface area contributed by atoms with Crippen molar-refractivity contribution < 1.29 is 4.79 Å². The summed E-state index contributed by atoms with van der Waals surface area (Å²) in [5, 5.41) is 3.21. The van der Waals surface area contributed by atoms with Crippen LogP contribution in [0.5, 0.6) is 0 Å². The van der Waals surface area contributed by atoms with Crippen molar-refractivity contribution in [2.75, 3.05) is 39.8 Å². The normalized spacial score (nSPS) is 33.0. The summed E-state index contributed by atoms with van der Waals surface area (Å²) in [6, 6.07) is 0.702. The number of nitrogens with one attached hydrogen (secondary N) is 1. The molecule has 0 aromatic rings. The molecule has 1 aliphatic carbocycles. The van der Waals surface area contributed by atoms with E-state index < -0.39 is 0 Å². The van der Waals surface area contributed by atoms with Crippen molar-refractivity contribution in [1.29, 1.82) is 0 Å². The van der Waals surface area contributed by atoms with Gasteiger partial charge in [-0.1, -0.05) is 6.92 Å². The molecule has 2 rings (SSSR count). The number of nitrogens with two attached hydrogens (primary N) is 1. The Balaban J connectivity index is 1.76. The van der Waals surface area contributed by atoms with Crippen LogP contribution >= 0.6 is 0 Å². The Labute approximate surface area is 122 Å². The van der Waals surface area contributed by atoms with Gasteiger partial charge in [-0.25, -0.2) is 0 Å². The minimum absolute atomic E-state index is 0.174. The van der Waals surface area contributed by atoms with Gasteiger partial charge in [-0.2, -0.15) is 0 Å². The highest BCUT2D eigenvalue weighted by molar-refractivity contribution is 5.78. The van der Waals surface area contributed by atoms with Crippen LogP contribution in [0, 0.1) is 5.92 Å². The standard InChI is InChI=1S/C15H30N4O/c1-12-3-5-13(6-4-12)17-15(20)11-19-8-7-18(2)10-14(19)9-16/h12-14H,3-11,16H2,1-2H3,(H,17,20). The Hall–Kier alpha value is -0.650. The van der Waals surface area contributed by atoms with Crippen molar-refractivity contribution in [3.05, 3.63) is 0 Å². The molecule has 20 heavy (non-hydrogen) atoms. The Bertz CT molecular complexity index is 315. The molecule has 1 amide bonds. The first-order chi connectivity index (χ1) is 9.58. The molecule has 1 saturated carbocycles. The lowest BCUT2D eigenvalue weighted by atomic mass is 9.87. The molecule has 2 fully saturated rings. The molecule has 1 saturated heterocycles. The van der Waals surface area contributed by atoms with Crippen LogP contribution in [0.15, 0.2) is 0 Å². The number of hydrogen-bond donors (Lipinski definition) is 2. The fourth-order valence-corrected chi connectivity index (χ4v) is 3.34. The summed E-state index contributed by atoms with van der Waals surface area (Å²) < 4.78 is 0. The number of carbonyl (C=O) groups is 1. The molecule has 5 heteroatoms. The fourth-order valence-electron chi connectivity index (χ4n) is 3.34. The minimum atomic E-state index is 0.174. The fraction of sp³-hybridized carbons (Fsp3) is 0.933. The number of piperazine rings is 1. The van der Waals surface area contributed by atoms with E-state index in [2.05, 4.69) is 29.1 Å². The van der Waals surface area contributed by atoms with E-state index in [4.69, 9.17) is 5.73 Å². The first-order valence-corrected chi connectivity index (χ1v) is 8.00. The quantitative estimate of drug-likeness (QED) is 0.776. The Morgan fingerprint density at radius 3 is 2.60 bits per heavy atom. The van der Waals surface area contributed by atoms with Gasteiger partial charge in [0.05, 0.1) is 6.54 Å². The molecular formula is C15H30N4O. The summed E-state index contributed by atoms with van der Waals surface area (Å²) in [6.45, 7) is 6.34. The second kappa shape index (κ2) is 7.38. The SMILES string of the molecule is CC1CCC(NC(=O)CN2CCN(C)CC2CN)CC1. The van der Waals surface area contributed by atoms with Crippen LogP contribution in [0.25, 0.3) is 0 Å². The zero-order chi connectivity index (χ0) is 14.5. The summed E-state index contributed by atoms with van der Waals surface area (Å²) in [5.41, 5.74) is 5.83. The average Bonchev–Trinajstić information content (AvgIpc) is 2.43. The number of nitrogens with zero attached hydrogens (tertiary/aromatic N) is 2. The average molecular weight is 282 g/mol. The van der Waals surface area contributed by atoms with Gasteiger partial charge in [-0.05, 0) is 38.6 Å². The van der Waals surface area contributed by atoms with Crippen molar-refractivity contribution in [1.82, 2.24) is 15.1 Å². The molecule has 0 spiro atoms. The van der Waals surface area contributed by atoms with E-state index in [1.807, 2.05) is 0 Å². The maximum atomic E-state index is 12.2. The highest BCUT2D eigenvalue weighted by Gasteiger charge is 2.27. The summed E-state index contributed by atoms with van der Waals surface area (Å²) in [4.78, 5) is 16.7. The van der Waals surface area contributed by atoms with Crippen LogP contribution in [0.2, 0.25) is 0 Å². The predicted octanol–water partition coefficient (Wildman–Crippen LogP) is 0.256.